The number of sulfonamides is 1. The highest BCUT2D eigenvalue weighted by molar-refractivity contribution is 7.89. The first-order valence-corrected chi connectivity index (χ1v) is 12.0. The zero-order valence-electron chi connectivity index (χ0n) is 18.6. The number of benzene rings is 2. The molecule has 0 radical (unpaired) electrons. The molecule has 8 nitrogen and oxygen atoms in total. The molecule has 0 saturated heterocycles. The van der Waals surface area contributed by atoms with Gasteiger partial charge in [0.1, 0.15) is 11.5 Å². The molecule has 0 aliphatic carbocycles. The van der Waals surface area contributed by atoms with E-state index in [0.29, 0.717) is 28.6 Å². The Labute approximate surface area is 193 Å². The van der Waals surface area contributed by atoms with Crippen molar-refractivity contribution >= 4 is 33.4 Å². The lowest BCUT2D eigenvalue weighted by Gasteiger charge is -2.25. The fourth-order valence-corrected chi connectivity index (χ4v) is 3.57. The first kappa shape index (κ1) is 25.5. The Hall–Kier alpha value is -2.78. The molecule has 10 heteroatoms. The molecule has 2 aromatic rings. The van der Waals surface area contributed by atoms with Gasteiger partial charge in [-0.3, -0.25) is 9.59 Å². The second-order valence-electron chi connectivity index (χ2n) is 7.84. The Morgan fingerprint density at radius 2 is 1.75 bits per heavy atom. The summed E-state index contributed by atoms with van der Waals surface area (Å²) < 4.78 is 35.4. The van der Waals surface area contributed by atoms with E-state index in [2.05, 4.69) is 5.32 Å². The number of hydrogen-bond donors (Lipinski definition) is 2. The van der Waals surface area contributed by atoms with Gasteiger partial charge in [0.05, 0.1) is 18.9 Å². The number of ether oxygens (including phenoxy) is 2. The van der Waals surface area contributed by atoms with E-state index in [0.717, 1.165) is 11.8 Å². The van der Waals surface area contributed by atoms with E-state index in [1.165, 1.54) is 21.0 Å². The number of hydrogen-bond acceptors (Lipinski definition) is 6. The van der Waals surface area contributed by atoms with Gasteiger partial charge in [-0.25, -0.2) is 13.1 Å². The summed E-state index contributed by atoms with van der Waals surface area (Å²) >= 11 is 5.99. The monoisotopic (exact) mass is 482 g/mol. The van der Waals surface area contributed by atoms with Crippen molar-refractivity contribution in [3.8, 4) is 11.5 Å². The maximum atomic E-state index is 12.5. The Bertz CT molecular complexity index is 1080. The van der Waals surface area contributed by atoms with Crippen molar-refractivity contribution in [1.29, 1.82) is 0 Å². The fraction of sp³-hybridized carbons (Fsp3) is 0.364. The third-order valence-electron chi connectivity index (χ3n) is 4.62. The molecule has 0 aliphatic heterocycles. The lowest BCUT2D eigenvalue weighted by molar-refractivity contribution is -0.132. The summed E-state index contributed by atoms with van der Waals surface area (Å²) in [7, 11) is -2.20. The predicted octanol–water partition coefficient (Wildman–Crippen LogP) is 3.12. The van der Waals surface area contributed by atoms with E-state index in [1.54, 1.807) is 30.3 Å². The summed E-state index contributed by atoms with van der Waals surface area (Å²) in [6, 6.07) is 11.8. The minimum absolute atomic E-state index is 0.0141. The van der Waals surface area contributed by atoms with Crippen LogP contribution in [-0.4, -0.2) is 45.7 Å². The molecule has 0 saturated carbocycles. The molecule has 2 amide bonds. The lowest BCUT2D eigenvalue weighted by Crippen LogP contribution is -2.48. The standard InChI is InChI=1S/C22H27ClN2O6S/c1-14(13-24-20(26)18-12-16(23)8-11-19(18)30-4)15-6-9-17(10-7-15)31-22(2,3)21(27)25-32(5,28)29/h6-12,14H,13H2,1-5H3,(H,24,26)(H,25,27). The molecule has 2 N–H and O–H groups in total. The molecule has 0 aromatic heterocycles. The van der Waals surface area contributed by atoms with Crippen LogP contribution >= 0.6 is 11.6 Å². The van der Waals surface area contributed by atoms with Gasteiger partial charge in [-0.2, -0.15) is 0 Å². The van der Waals surface area contributed by atoms with Crippen molar-refractivity contribution in [3.63, 3.8) is 0 Å². The molecule has 0 aliphatic rings. The SMILES string of the molecule is COc1ccc(Cl)cc1C(=O)NCC(C)c1ccc(OC(C)(C)C(=O)NS(C)(=O)=O)cc1. The van der Waals surface area contributed by atoms with Crippen LogP contribution in [0.3, 0.4) is 0 Å². The number of amides is 2. The van der Waals surface area contributed by atoms with Gasteiger partial charge < -0.3 is 14.8 Å². The van der Waals surface area contributed by atoms with Gasteiger partial charge in [-0.15, -0.1) is 0 Å². The van der Waals surface area contributed by atoms with Crippen LogP contribution in [0.15, 0.2) is 42.5 Å². The molecular weight excluding hydrogens is 456 g/mol. The van der Waals surface area contributed by atoms with Crippen molar-refractivity contribution in [1.82, 2.24) is 10.0 Å². The molecule has 0 bridgehead atoms. The second-order valence-corrected chi connectivity index (χ2v) is 10.0. The molecule has 1 unspecified atom stereocenters. The maximum absolute atomic E-state index is 12.5. The number of carbonyl (C=O) groups is 2. The Kier molecular flexibility index (Phi) is 8.14. The smallest absolute Gasteiger partial charge is 0.277 e. The van der Waals surface area contributed by atoms with E-state index < -0.39 is 21.5 Å². The van der Waals surface area contributed by atoms with Gasteiger partial charge in [-0.1, -0.05) is 30.7 Å². The molecule has 0 spiro atoms. The zero-order valence-corrected chi connectivity index (χ0v) is 20.1. The van der Waals surface area contributed by atoms with Crippen molar-refractivity contribution in [3.05, 3.63) is 58.6 Å². The number of rotatable bonds is 9. The topological polar surface area (TPSA) is 111 Å². The zero-order chi connectivity index (χ0) is 24.1. The van der Waals surface area contributed by atoms with Gasteiger partial charge in [0.25, 0.3) is 11.8 Å². The summed E-state index contributed by atoms with van der Waals surface area (Å²) in [5.74, 6) is -0.239. The van der Waals surface area contributed by atoms with E-state index in [1.807, 2.05) is 23.8 Å². The fourth-order valence-electron chi connectivity index (χ4n) is 2.81. The first-order chi connectivity index (χ1) is 14.8. The van der Waals surface area contributed by atoms with Gasteiger partial charge in [-0.05, 0) is 55.7 Å². The van der Waals surface area contributed by atoms with Crippen LogP contribution in [0.25, 0.3) is 0 Å². The van der Waals surface area contributed by atoms with Crippen molar-refractivity contribution in [2.24, 2.45) is 0 Å². The first-order valence-electron chi connectivity index (χ1n) is 9.75. The summed E-state index contributed by atoms with van der Waals surface area (Å²) in [6.45, 7) is 5.28. The molecule has 2 aromatic carbocycles. The predicted molar refractivity (Wildman–Crippen MR) is 123 cm³/mol. The van der Waals surface area contributed by atoms with Gasteiger partial charge in [0, 0.05) is 11.6 Å². The van der Waals surface area contributed by atoms with Crippen molar-refractivity contribution < 1.29 is 27.5 Å². The average molecular weight is 483 g/mol. The van der Waals surface area contributed by atoms with Crippen molar-refractivity contribution in [2.75, 3.05) is 19.9 Å². The van der Waals surface area contributed by atoms with E-state index in [9.17, 15) is 18.0 Å². The molecule has 174 valence electrons. The maximum Gasteiger partial charge on any atom is 0.277 e. The molecule has 0 heterocycles. The number of halogens is 1. The van der Waals surface area contributed by atoms with E-state index >= 15 is 0 Å². The molecule has 1 atom stereocenters. The summed E-state index contributed by atoms with van der Waals surface area (Å²) in [5.41, 5.74) is -0.0973. The lowest BCUT2D eigenvalue weighted by atomic mass is 10.0. The van der Waals surface area contributed by atoms with E-state index in [-0.39, 0.29) is 11.8 Å². The molecule has 0 fully saturated rings. The summed E-state index contributed by atoms with van der Waals surface area (Å²) in [6.07, 6.45) is 0.901. The molecule has 2 rings (SSSR count). The normalized spacial score (nSPS) is 12.6. The minimum Gasteiger partial charge on any atom is -0.496 e. The third-order valence-corrected chi connectivity index (χ3v) is 5.41. The largest absolute Gasteiger partial charge is 0.496 e. The Morgan fingerprint density at radius 1 is 1.12 bits per heavy atom. The second kappa shape index (κ2) is 10.2. The van der Waals surface area contributed by atoms with Gasteiger partial charge in [0.15, 0.2) is 5.60 Å². The van der Waals surface area contributed by atoms with Gasteiger partial charge in [0.2, 0.25) is 10.0 Å². The van der Waals surface area contributed by atoms with Crippen LogP contribution in [0.2, 0.25) is 5.02 Å². The number of methoxy groups -OCH3 is 1. The van der Waals surface area contributed by atoms with Crippen molar-refractivity contribution in [2.45, 2.75) is 32.3 Å². The minimum atomic E-state index is -3.69. The third kappa shape index (κ3) is 7.13. The highest BCUT2D eigenvalue weighted by atomic mass is 35.5. The highest BCUT2D eigenvalue weighted by Gasteiger charge is 2.32. The Balaban J connectivity index is 2.00. The van der Waals surface area contributed by atoms with Crippen LogP contribution in [-0.2, 0) is 14.8 Å². The van der Waals surface area contributed by atoms with Crippen LogP contribution < -0.4 is 19.5 Å². The van der Waals surface area contributed by atoms with Gasteiger partial charge >= 0.3 is 0 Å². The van der Waals surface area contributed by atoms with Crippen LogP contribution in [0.5, 0.6) is 11.5 Å². The number of nitrogens with one attached hydrogen (secondary N) is 2. The Morgan fingerprint density at radius 3 is 2.31 bits per heavy atom. The van der Waals surface area contributed by atoms with E-state index in [4.69, 9.17) is 21.1 Å². The van der Waals surface area contributed by atoms with Crippen LogP contribution in [0.1, 0.15) is 42.6 Å². The van der Waals surface area contributed by atoms with Crippen LogP contribution in [0.4, 0.5) is 0 Å². The summed E-state index contributed by atoms with van der Waals surface area (Å²) in [5, 5.41) is 3.31. The molecule has 32 heavy (non-hydrogen) atoms. The average Bonchev–Trinajstić information content (AvgIpc) is 2.70. The number of carbonyl (C=O) groups excluding carboxylic acids is 2. The van der Waals surface area contributed by atoms with Crippen LogP contribution in [0, 0.1) is 0 Å². The molecular formula is C22H27ClN2O6S. The quantitative estimate of drug-likeness (QED) is 0.568. The highest BCUT2D eigenvalue weighted by Crippen LogP contribution is 2.24. The summed E-state index contributed by atoms with van der Waals surface area (Å²) in [4.78, 5) is 24.7.